The molecule has 1 fully saturated rings. The molecule has 23 heavy (non-hydrogen) atoms. The molecule has 1 amide bonds. The van der Waals surface area contributed by atoms with E-state index in [1.165, 1.54) is 0 Å². The van der Waals surface area contributed by atoms with Crippen molar-refractivity contribution in [1.82, 2.24) is 25.2 Å². The van der Waals surface area contributed by atoms with E-state index in [9.17, 15) is 4.79 Å². The fourth-order valence-corrected chi connectivity index (χ4v) is 2.50. The van der Waals surface area contributed by atoms with Gasteiger partial charge in [0.2, 0.25) is 5.91 Å². The van der Waals surface area contributed by atoms with Gasteiger partial charge in [0.05, 0.1) is 5.92 Å². The Morgan fingerprint density at radius 2 is 2.22 bits per heavy atom. The quantitative estimate of drug-likeness (QED) is 0.872. The van der Waals surface area contributed by atoms with E-state index in [2.05, 4.69) is 20.6 Å². The third-order valence-corrected chi connectivity index (χ3v) is 3.78. The second-order valence-electron chi connectivity index (χ2n) is 5.28. The molecule has 1 aliphatic heterocycles. The van der Waals surface area contributed by atoms with Crippen LogP contribution in [0.3, 0.4) is 0 Å². The molecule has 0 aliphatic carbocycles. The molecule has 2 aromatic rings. The van der Waals surface area contributed by atoms with E-state index in [0.717, 1.165) is 36.7 Å². The number of aromatic nitrogens is 3. The van der Waals surface area contributed by atoms with Crippen LogP contribution < -0.4 is 10.6 Å². The van der Waals surface area contributed by atoms with Crippen LogP contribution in [0.1, 0.15) is 17.8 Å². The van der Waals surface area contributed by atoms with Gasteiger partial charge in [-0.3, -0.25) is 9.36 Å². The number of rotatable bonds is 4. The SMILES string of the molecule is Cc1nccn1-c1ccc(CNC(=O)C2CCNC2)cn1.Cl.Cl. The number of nitrogens with one attached hydrogen (secondary N) is 2. The standard InChI is InChI=1S/C15H19N5O.2ClH/c1-11-17-6-7-20(11)14-3-2-12(8-18-14)9-19-15(21)13-4-5-16-10-13;;/h2-3,6-8,13,16H,4-5,9-10H2,1H3,(H,19,21);2*1H. The van der Waals surface area contributed by atoms with Crippen LogP contribution in [0.15, 0.2) is 30.7 Å². The Bertz CT molecular complexity index is 623. The molecular formula is C15H21Cl2N5O. The van der Waals surface area contributed by atoms with Crippen LogP contribution in [0, 0.1) is 12.8 Å². The molecule has 0 radical (unpaired) electrons. The number of hydrogen-bond acceptors (Lipinski definition) is 4. The summed E-state index contributed by atoms with van der Waals surface area (Å²) >= 11 is 0. The Kier molecular flexibility index (Phi) is 7.48. The van der Waals surface area contributed by atoms with Crippen molar-refractivity contribution in [3.8, 4) is 5.82 Å². The fourth-order valence-electron chi connectivity index (χ4n) is 2.50. The summed E-state index contributed by atoms with van der Waals surface area (Å²) in [7, 11) is 0. The minimum Gasteiger partial charge on any atom is -0.352 e. The number of hydrogen-bond donors (Lipinski definition) is 2. The number of nitrogens with zero attached hydrogens (tertiary/aromatic N) is 3. The van der Waals surface area contributed by atoms with Crippen LogP contribution >= 0.6 is 24.8 Å². The van der Waals surface area contributed by atoms with Crippen molar-refractivity contribution in [1.29, 1.82) is 0 Å². The molecule has 0 bridgehead atoms. The number of aryl methyl sites for hydroxylation is 1. The van der Waals surface area contributed by atoms with Gasteiger partial charge in [-0.1, -0.05) is 6.07 Å². The molecule has 0 saturated carbocycles. The van der Waals surface area contributed by atoms with Gasteiger partial charge in [-0.15, -0.1) is 24.8 Å². The predicted molar refractivity (Wildman–Crippen MR) is 93.4 cm³/mol. The van der Waals surface area contributed by atoms with Gasteiger partial charge in [0.15, 0.2) is 0 Å². The van der Waals surface area contributed by atoms with Crippen molar-refractivity contribution in [2.45, 2.75) is 19.9 Å². The fraction of sp³-hybridized carbons (Fsp3) is 0.400. The highest BCUT2D eigenvalue weighted by Gasteiger charge is 2.21. The van der Waals surface area contributed by atoms with E-state index in [0.29, 0.717) is 6.54 Å². The Labute approximate surface area is 147 Å². The largest absolute Gasteiger partial charge is 0.352 e. The summed E-state index contributed by atoms with van der Waals surface area (Å²) in [6.45, 7) is 4.17. The molecule has 2 N–H and O–H groups in total. The second-order valence-corrected chi connectivity index (χ2v) is 5.28. The van der Waals surface area contributed by atoms with E-state index in [1.807, 2.05) is 29.8 Å². The Balaban J connectivity index is 0.00000132. The van der Waals surface area contributed by atoms with Crippen LogP contribution in [-0.2, 0) is 11.3 Å². The van der Waals surface area contributed by atoms with Crippen molar-refractivity contribution >= 4 is 30.7 Å². The van der Waals surface area contributed by atoms with Crippen LogP contribution in [0.5, 0.6) is 0 Å². The second kappa shape index (κ2) is 8.86. The molecular weight excluding hydrogens is 337 g/mol. The van der Waals surface area contributed by atoms with E-state index >= 15 is 0 Å². The molecule has 1 atom stereocenters. The van der Waals surface area contributed by atoms with Gasteiger partial charge in [0.25, 0.3) is 0 Å². The van der Waals surface area contributed by atoms with Crippen molar-refractivity contribution in [3.05, 3.63) is 42.1 Å². The van der Waals surface area contributed by atoms with E-state index in [-0.39, 0.29) is 36.6 Å². The summed E-state index contributed by atoms with van der Waals surface area (Å²) in [6.07, 6.45) is 6.35. The number of amides is 1. The van der Waals surface area contributed by atoms with Gasteiger partial charge < -0.3 is 10.6 Å². The summed E-state index contributed by atoms with van der Waals surface area (Å²) in [5.41, 5.74) is 0.996. The van der Waals surface area contributed by atoms with Gasteiger partial charge >= 0.3 is 0 Å². The maximum absolute atomic E-state index is 11.9. The first-order chi connectivity index (χ1) is 10.2. The van der Waals surface area contributed by atoms with Crippen LogP contribution in [0.25, 0.3) is 5.82 Å². The van der Waals surface area contributed by atoms with Gasteiger partial charge in [-0.25, -0.2) is 9.97 Å². The molecule has 0 spiro atoms. The molecule has 3 heterocycles. The maximum atomic E-state index is 11.9. The number of carbonyl (C=O) groups is 1. The van der Waals surface area contributed by atoms with E-state index in [4.69, 9.17) is 0 Å². The molecule has 126 valence electrons. The summed E-state index contributed by atoms with van der Waals surface area (Å²) < 4.78 is 1.92. The molecule has 3 rings (SSSR count). The average molecular weight is 358 g/mol. The molecule has 8 heteroatoms. The molecule has 2 aromatic heterocycles. The van der Waals surface area contributed by atoms with E-state index in [1.54, 1.807) is 12.4 Å². The monoisotopic (exact) mass is 357 g/mol. The Hall–Kier alpha value is -1.63. The summed E-state index contributed by atoms with van der Waals surface area (Å²) in [6, 6.07) is 3.92. The minimum absolute atomic E-state index is 0. The highest BCUT2D eigenvalue weighted by Crippen LogP contribution is 2.10. The number of carbonyl (C=O) groups excluding carboxylic acids is 1. The molecule has 1 unspecified atom stereocenters. The molecule has 1 aliphatic rings. The summed E-state index contributed by atoms with van der Waals surface area (Å²) in [4.78, 5) is 20.5. The van der Waals surface area contributed by atoms with Gasteiger partial charge in [0, 0.05) is 31.7 Å². The lowest BCUT2D eigenvalue weighted by atomic mass is 10.1. The summed E-state index contributed by atoms with van der Waals surface area (Å²) in [5.74, 6) is 1.96. The normalized spacial score (nSPS) is 16.3. The zero-order valence-corrected chi connectivity index (χ0v) is 14.5. The van der Waals surface area contributed by atoms with E-state index < -0.39 is 0 Å². The van der Waals surface area contributed by atoms with Gasteiger partial charge in [-0.2, -0.15) is 0 Å². The molecule has 0 aromatic carbocycles. The first kappa shape index (κ1) is 19.4. The van der Waals surface area contributed by atoms with Crippen LogP contribution in [0.2, 0.25) is 0 Å². The van der Waals surface area contributed by atoms with Gasteiger partial charge in [0.1, 0.15) is 11.6 Å². The van der Waals surface area contributed by atoms with Crippen LogP contribution in [0.4, 0.5) is 0 Å². The number of halogens is 2. The number of pyridine rings is 1. The zero-order valence-electron chi connectivity index (χ0n) is 12.9. The zero-order chi connectivity index (χ0) is 14.7. The third kappa shape index (κ3) is 4.67. The highest BCUT2D eigenvalue weighted by molar-refractivity contribution is 5.85. The first-order valence-electron chi connectivity index (χ1n) is 7.18. The van der Waals surface area contributed by atoms with Crippen molar-refractivity contribution in [2.75, 3.05) is 13.1 Å². The third-order valence-electron chi connectivity index (χ3n) is 3.78. The topological polar surface area (TPSA) is 71.8 Å². The van der Waals surface area contributed by atoms with Crippen molar-refractivity contribution < 1.29 is 4.79 Å². The van der Waals surface area contributed by atoms with Crippen LogP contribution in [-0.4, -0.2) is 33.5 Å². The predicted octanol–water partition coefficient (Wildman–Crippen LogP) is 1.65. The molecule has 6 nitrogen and oxygen atoms in total. The lowest BCUT2D eigenvalue weighted by molar-refractivity contribution is -0.124. The maximum Gasteiger partial charge on any atom is 0.224 e. The average Bonchev–Trinajstić information content (AvgIpc) is 3.17. The number of imidazole rings is 1. The lowest BCUT2D eigenvalue weighted by Crippen LogP contribution is -2.31. The van der Waals surface area contributed by atoms with Crippen molar-refractivity contribution in [2.24, 2.45) is 5.92 Å². The van der Waals surface area contributed by atoms with Crippen molar-refractivity contribution in [3.63, 3.8) is 0 Å². The highest BCUT2D eigenvalue weighted by atomic mass is 35.5. The lowest BCUT2D eigenvalue weighted by Gasteiger charge is -2.10. The molecule has 1 saturated heterocycles. The Morgan fingerprint density at radius 1 is 1.39 bits per heavy atom. The smallest absolute Gasteiger partial charge is 0.224 e. The summed E-state index contributed by atoms with van der Waals surface area (Å²) in [5, 5.41) is 6.17. The Morgan fingerprint density at radius 3 is 2.78 bits per heavy atom. The first-order valence-corrected chi connectivity index (χ1v) is 7.18. The minimum atomic E-state index is 0. The van der Waals surface area contributed by atoms with Gasteiger partial charge in [-0.05, 0) is 31.5 Å².